The molecule has 0 N–H and O–H groups in total. The molecule has 2 rings (SSSR count). The van der Waals surface area contributed by atoms with Crippen molar-refractivity contribution in [2.24, 2.45) is 0 Å². The van der Waals surface area contributed by atoms with Gasteiger partial charge in [0.2, 0.25) is 0 Å². The van der Waals surface area contributed by atoms with Gasteiger partial charge in [0.15, 0.2) is 0 Å². The molecule has 2 aliphatic rings. The van der Waals surface area contributed by atoms with Crippen molar-refractivity contribution >= 4 is 6.09 Å². The third kappa shape index (κ3) is 1.72. The van der Waals surface area contributed by atoms with Crippen LogP contribution in [0.25, 0.3) is 0 Å². The molecule has 1 amide bonds. The fourth-order valence-electron chi connectivity index (χ4n) is 2.59. The minimum absolute atomic E-state index is 0.0943. The molecule has 1 saturated heterocycles. The van der Waals surface area contributed by atoms with E-state index in [1.165, 1.54) is 12.8 Å². The predicted molar refractivity (Wildman–Crippen MR) is 54.1 cm³/mol. The van der Waals surface area contributed by atoms with E-state index in [9.17, 15) is 4.79 Å². The summed E-state index contributed by atoms with van der Waals surface area (Å²) in [5.74, 6) is 0. The second kappa shape index (κ2) is 3.79. The maximum atomic E-state index is 11.7. The topological polar surface area (TPSA) is 29.5 Å². The molecule has 0 spiro atoms. The molecular weight excluding hydrogens is 178 g/mol. The number of rotatable bonds is 1. The van der Waals surface area contributed by atoms with Crippen LogP contribution in [0.1, 0.15) is 46.0 Å². The van der Waals surface area contributed by atoms with Crippen LogP contribution in [0.15, 0.2) is 0 Å². The molecule has 0 aromatic rings. The molecule has 1 heterocycles. The van der Waals surface area contributed by atoms with Gasteiger partial charge in [0.1, 0.15) is 6.10 Å². The van der Waals surface area contributed by atoms with Crippen LogP contribution in [-0.4, -0.2) is 29.2 Å². The Hall–Kier alpha value is -0.730. The van der Waals surface area contributed by atoms with E-state index < -0.39 is 0 Å². The zero-order valence-electron chi connectivity index (χ0n) is 9.03. The maximum Gasteiger partial charge on any atom is 0.410 e. The van der Waals surface area contributed by atoms with E-state index in [4.69, 9.17) is 4.74 Å². The van der Waals surface area contributed by atoms with Gasteiger partial charge in [-0.25, -0.2) is 4.79 Å². The first-order valence-corrected chi connectivity index (χ1v) is 5.67. The molecule has 3 heteroatoms. The molecule has 0 unspecified atom stereocenters. The number of hydrogen-bond donors (Lipinski definition) is 0. The zero-order valence-corrected chi connectivity index (χ0v) is 9.03. The summed E-state index contributed by atoms with van der Waals surface area (Å²) >= 11 is 0. The number of likely N-dealkylation sites (tertiary alicyclic amines) is 1. The van der Waals surface area contributed by atoms with Crippen molar-refractivity contribution in [1.29, 1.82) is 0 Å². The summed E-state index contributed by atoms with van der Waals surface area (Å²) in [4.78, 5) is 13.6. The first-order chi connectivity index (χ1) is 6.68. The average molecular weight is 197 g/mol. The molecule has 0 radical (unpaired) electrons. The smallest absolute Gasteiger partial charge is 0.410 e. The van der Waals surface area contributed by atoms with Crippen LogP contribution < -0.4 is 0 Å². The molecule has 1 aliphatic heterocycles. The van der Waals surface area contributed by atoms with Crippen molar-refractivity contribution < 1.29 is 9.53 Å². The van der Waals surface area contributed by atoms with E-state index in [0.717, 1.165) is 19.3 Å². The third-order valence-electron chi connectivity index (χ3n) is 3.41. The molecule has 1 saturated carbocycles. The molecule has 14 heavy (non-hydrogen) atoms. The second-order valence-corrected chi connectivity index (χ2v) is 4.63. The van der Waals surface area contributed by atoms with Crippen LogP contribution in [0.5, 0.6) is 0 Å². The SMILES string of the molecule is C[C@@H]1C[C@@H](C)N1C(=O)OC1CCCC1. The van der Waals surface area contributed by atoms with Gasteiger partial charge in [0, 0.05) is 12.1 Å². The van der Waals surface area contributed by atoms with Gasteiger partial charge >= 0.3 is 6.09 Å². The third-order valence-corrected chi connectivity index (χ3v) is 3.41. The lowest BCUT2D eigenvalue weighted by molar-refractivity contribution is 0.00120. The van der Waals surface area contributed by atoms with Gasteiger partial charge in [-0.3, -0.25) is 0 Å². The summed E-state index contributed by atoms with van der Waals surface area (Å²) in [7, 11) is 0. The Morgan fingerprint density at radius 1 is 1.21 bits per heavy atom. The number of amides is 1. The Balaban J connectivity index is 1.82. The number of ether oxygens (including phenoxy) is 1. The van der Waals surface area contributed by atoms with Gasteiger partial charge in [-0.1, -0.05) is 0 Å². The number of hydrogen-bond acceptors (Lipinski definition) is 2. The molecule has 0 aromatic carbocycles. The highest BCUT2D eigenvalue weighted by Crippen LogP contribution is 2.28. The van der Waals surface area contributed by atoms with E-state index in [0.29, 0.717) is 12.1 Å². The van der Waals surface area contributed by atoms with Crippen LogP contribution in [-0.2, 0) is 4.74 Å². The lowest BCUT2D eigenvalue weighted by atomic mass is 9.97. The first-order valence-electron chi connectivity index (χ1n) is 5.67. The van der Waals surface area contributed by atoms with Crippen LogP contribution in [0.3, 0.4) is 0 Å². The quantitative estimate of drug-likeness (QED) is 0.646. The minimum Gasteiger partial charge on any atom is -0.446 e. The maximum absolute atomic E-state index is 11.7. The normalized spacial score (nSPS) is 32.9. The molecule has 2 fully saturated rings. The first kappa shape index (κ1) is 9.81. The highest BCUT2D eigenvalue weighted by molar-refractivity contribution is 5.69. The van der Waals surface area contributed by atoms with Crippen molar-refractivity contribution in [1.82, 2.24) is 4.90 Å². The van der Waals surface area contributed by atoms with Crippen molar-refractivity contribution in [2.75, 3.05) is 0 Å². The van der Waals surface area contributed by atoms with E-state index in [2.05, 4.69) is 13.8 Å². The fourth-order valence-corrected chi connectivity index (χ4v) is 2.59. The largest absolute Gasteiger partial charge is 0.446 e. The molecule has 0 aromatic heterocycles. The Morgan fingerprint density at radius 2 is 1.79 bits per heavy atom. The predicted octanol–water partition coefficient (Wildman–Crippen LogP) is 2.55. The van der Waals surface area contributed by atoms with Crippen molar-refractivity contribution in [3.05, 3.63) is 0 Å². The lowest BCUT2D eigenvalue weighted by Gasteiger charge is -2.44. The monoisotopic (exact) mass is 197 g/mol. The van der Waals surface area contributed by atoms with Crippen LogP contribution in [0.4, 0.5) is 4.79 Å². The molecule has 2 atom stereocenters. The summed E-state index contributed by atoms with van der Waals surface area (Å²) in [6, 6.07) is 0.748. The van der Waals surface area contributed by atoms with Crippen molar-refractivity contribution in [2.45, 2.75) is 64.1 Å². The number of carbonyl (C=O) groups is 1. The standard InChI is InChI=1S/C11H19NO2/c1-8-7-9(2)12(8)11(13)14-10-5-3-4-6-10/h8-10H,3-7H2,1-2H3/t8-,9-/m1/s1. The van der Waals surface area contributed by atoms with E-state index in [1.807, 2.05) is 4.90 Å². The van der Waals surface area contributed by atoms with Gasteiger partial charge in [0.25, 0.3) is 0 Å². The second-order valence-electron chi connectivity index (χ2n) is 4.63. The fraction of sp³-hybridized carbons (Fsp3) is 0.909. The van der Waals surface area contributed by atoms with Gasteiger partial charge in [-0.15, -0.1) is 0 Å². The Labute approximate surface area is 85.4 Å². The Bertz CT molecular complexity index is 215. The van der Waals surface area contributed by atoms with Gasteiger partial charge in [-0.05, 0) is 46.0 Å². The van der Waals surface area contributed by atoms with E-state index in [-0.39, 0.29) is 12.2 Å². The van der Waals surface area contributed by atoms with Crippen molar-refractivity contribution in [3.63, 3.8) is 0 Å². The van der Waals surface area contributed by atoms with Crippen LogP contribution in [0.2, 0.25) is 0 Å². The minimum atomic E-state index is -0.0943. The summed E-state index contributed by atoms with van der Waals surface area (Å²) in [6.07, 6.45) is 5.75. The lowest BCUT2D eigenvalue weighted by Crippen LogP contribution is -2.56. The summed E-state index contributed by atoms with van der Waals surface area (Å²) in [5.41, 5.74) is 0. The highest BCUT2D eigenvalue weighted by Gasteiger charge is 2.37. The molecule has 3 nitrogen and oxygen atoms in total. The Kier molecular flexibility index (Phi) is 2.66. The van der Waals surface area contributed by atoms with Gasteiger partial charge in [0.05, 0.1) is 0 Å². The van der Waals surface area contributed by atoms with Gasteiger partial charge < -0.3 is 9.64 Å². The summed E-state index contributed by atoms with van der Waals surface area (Å²) < 4.78 is 5.44. The van der Waals surface area contributed by atoms with Crippen molar-refractivity contribution in [3.8, 4) is 0 Å². The molecule has 0 bridgehead atoms. The molecule has 1 aliphatic carbocycles. The number of nitrogens with zero attached hydrogens (tertiary/aromatic N) is 1. The Morgan fingerprint density at radius 3 is 2.29 bits per heavy atom. The molecule has 80 valence electrons. The van der Waals surface area contributed by atoms with Crippen LogP contribution >= 0.6 is 0 Å². The average Bonchev–Trinajstić information content (AvgIpc) is 2.55. The summed E-state index contributed by atoms with van der Waals surface area (Å²) in [5, 5.41) is 0. The summed E-state index contributed by atoms with van der Waals surface area (Å²) in [6.45, 7) is 4.16. The van der Waals surface area contributed by atoms with Gasteiger partial charge in [-0.2, -0.15) is 0 Å². The van der Waals surface area contributed by atoms with E-state index >= 15 is 0 Å². The molecular formula is C11H19NO2. The highest BCUT2D eigenvalue weighted by atomic mass is 16.6. The van der Waals surface area contributed by atoms with Crippen LogP contribution in [0, 0.1) is 0 Å². The zero-order chi connectivity index (χ0) is 10.1. The number of carbonyl (C=O) groups excluding carboxylic acids is 1. The van der Waals surface area contributed by atoms with E-state index in [1.54, 1.807) is 0 Å².